The third-order valence-electron chi connectivity index (χ3n) is 3.40. The SMILES string of the molecule is CN(C)CCCn1cc(N2C=CSC2c2cn[nH]c2)cn1. The highest BCUT2D eigenvalue weighted by molar-refractivity contribution is 8.02. The molecule has 7 heteroatoms. The number of H-pyrrole nitrogens is 1. The molecule has 3 heterocycles. The largest absolute Gasteiger partial charge is 0.328 e. The van der Waals surface area contributed by atoms with Crippen LogP contribution in [-0.2, 0) is 6.54 Å². The summed E-state index contributed by atoms with van der Waals surface area (Å²) in [5, 5.41) is 13.7. The van der Waals surface area contributed by atoms with Crippen molar-refractivity contribution in [3.05, 3.63) is 42.0 Å². The lowest BCUT2D eigenvalue weighted by Gasteiger charge is -2.21. The molecular formula is C14H20N6S. The molecule has 2 aromatic heterocycles. The molecular weight excluding hydrogens is 284 g/mol. The predicted molar refractivity (Wildman–Crippen MR) is 85.9 cm³/mol. The zero-order chi connectivity index (χ0) is 14.7. The second kappa shape index (κ2) is 6.36. The standard InChI is InChI=1S/C14H20N6S/c1-18(2)4-3-5-19-11-13(10-17-19)20-6-7-21-14(20)12-8-15-16-9-12/h6-11,14H,3-5H2,1-2H3,(H,15,16). The number of aromatic amines is 1. The van der Waals surface area contributed by atoms with Crippen LogP contribution in [0.5, 0.6) is 0 Å². The van der Waals surface area contributed by atoms with E-state index in [0.29, 0.717) is 0 Å². The Balaban J connectivity index is 1.66. The third kappa shape index (κ3) is 3.30. The maximum absolute atomic E-state index is 4.46. The van der Waals surface area contributed by atoms with Gasteiger partial charge < -0.3 is 9.80 Å². The van der Waals surface area contributed by atoms with E-state index in [1.54, 1.807) is 11.8 Å². The van der Waals surface area contributed by atoms with Crippen LogP contribution in [-0.4, -0.2) is 45.5 Å². The molecule has 1 unspecified atom stereocenters. The number of nitrogens with zero attached hydrogens (tertiary/aromatic N) is 5. The molecule has 1 atom stereocenters. The van der Waals surface area contributed by atoms with E-state index < -0.39 is 0 Å². The summed E-state index contributed by atoms with van der Waals surface area (Å²) in [6.07, 6.45) is 11.1. The van der Waals surface area contributed by atoms with Crippen molar-refractivity contribution in [1.29, 1.82) is 0 Å². The number of anilines is 1. The lowest BCUT2D eigenvalue weighted by atomic mass is 10.3. The molecule has 0 bridgehead atoms. The fourth-order valence-electron chi connectivity index (χ4n) is 2.33. The molecule has 0 fully saturated rings. The number of hydrogen-bond donors (Lipinski definition) is 1. The predicted octanol–water partition coefficient (Wildman–Crippen LogP) is 2.28. The van der Waals surface area contributed by atoms with Crippen LogP contribution in [0.25, 0.3) is 0 Å². The number of nitrogens with one attached hydrogen (secondary N) is 1. The highest BCUT2D eigenvalue weighted by Crippen LogP contribution is 2.41. The van der Waals surface area contributed by atoms with E-state index in [0.717, 1.165) is 25.2 Å². The van der Waals surface area contributed by atoms with Gasteiger partial charge in [0.05, 0.1) is 18.1 Å². The van der Waals surface area contributed by atoms with Gasteiger partial charge in [0.25, 0.3) is 0 Å². The topological polar surface area (TPSA) is 53.0 Å². The fourth-order valence-corrected chi connectivity index (χ4v) is 3.29. The second-order valence-electron chi connectivity index (χ2n) is 5.33. The van der Waals surface area contributed by atoms with Crippen LogP contribution in [0.4, 0.5) is 5.69 Å². The molecule has 1 aliphatic rings. The number of aromatic nitrogens is 4. The average molecular weight is 304 g/mol. The van der Waals surface area contributed by atoms with Crippen LogP contribution in [0.2, 0.25) is 0 Å². The number of aryl methyl sites for hydroxylation is 1. The molecule has 0 saturated carbocycles. The molecule has 112 valence electrons. The highest BCUT2D eigenvalue weighted by Gasteiger charge is 2.24. The average Bonchev–Trinajstić information content (AvgIpc) is 3.19. The van der Waals surface area contributed by atoms with Crippen LogP contribution in [0.1, 0.15) is 17.4 Å². The summed E-state index contributed by atoms with van der Waals surface area (Å²) in [6, 6.07) is 0. The Morgan fingerprint density at radius 3 is 3.05 bits per heavy atom. The molecule has 0 radical (unpaired) electrons. The molecule has 3 rings (SSSR count). The van der Waals surface area contributed by atoms with Crippen LogP contribution in [0.15, 0.2) is 36.4 Å². The van der Waals surface area contributed by atoms with Gasteiger partial charge in [0.15, 0.2) is 0 Å². The Morgan fingerprint density at radius 1 is 1.38 bits per heavy atom. The number of thioether (sulfide) groups is 1. The molecule has 2 aromatic rings. The van der Waals surface area contributed by atoms with Crippen LogP contribution >= 0.6 is 11.8 Å². The summed E-state index contributed by atoms with van der Waals surface area (Å²) in [6.45, 7) is 2.02. The van der Waals surface area contributed by atoms with E-state index in [4.69, 9.17) is 0 Å². The molecule has 21 heavy (non-hydrogen) atoms. The normalized spacial score (nSPS) is 18.0. The lowest BCUT2D eigenvalue weighted by Crippen LogP contribution is -2.16. The summed E-state index contributed by atoms with van der Waals surface area (Å²) in [4.78, 5) is 4.42. The Kier molecular flexibility index (Phi) is 4.31. The van der Waals surface area contributed by atoms with Gasteiger partial charge in [0, 0.05) is 30.7 Å². The Hall–Kier alpha value is -1.73. The molecule has 6 nitrogen and oxygen atoms in total. The number of rotatable bonds is 6. The van der Waals surface area contributed by atoms with Gasteiger partial charge in [-0.1, -0.05) is 0 Å². The van der Waals surface area contributed by atoms with E-state index in [9.17, 15) is 0 Å². The summed E-state index contributed by atoms with van der Waals surface area (Å²) in [5.41, 5.74) is 2.29. The van der Waals surface area contributed by atoms with Crippen molar-refractivity contribution >= 4 is 17.4 Å². The zero-order valence-electron chi connectivity index (χ0n) is 12.3. The van der Waals surface area contributed by atoms with E-state index in [1.807, 2.05) is 23.3 Å². The van der Waals surface area contributed by atoms with Crippen LogP contribution in [0, 0.1) is 0 Å². The molecule has 0 spiro atoms. The van der Waals surface area contributed by atoms with Gasteiger partial charge >= 0.3 is 0 Å². The number of hydrogen-bond acceptors (Lipinski definition) is 5. The third-order valence-corrected chi connectivity index (χ3v) is 4.43. The Labute approximate surface area is 128 Å². The molecule has 0 aliphatic carbocycles. The second-order valence-corrected chi connectivity index (χ2v) is 6.32. The molecule has 0 amide bonds. The van der Waals surface area contributed by atoms with E-state index in [1.165, 1.54) is 5.56 Å². The monoisotopic (exact) mass is 304 g/mol. The van der Waals surface area contributed by atoms with Crippen LogP contribution < -0.4 is 4.90 Å². The summed E-state index contributed by atoms with van der Waals surface area (Å²) >= 11 is 1.78. The summed E-state index contributed by atoms with van der Waals surface area (Å²) in [7, 11) is 4.19. The quantitative estimate of drug-likeness (QED) is 0.887. The van der Waals surface area contributed by atoms with Crippen molar-refractivity contribution in [1.82, 2.24) is 24.9 Å². The van der Waals surface area contributed by atoms with E-state index >= 15 is 0 Å². The van der Waals surface area contributed by atoms with E-state index in [2.05, 4.69) is 57.0 Å². The first-order valence-corrected chi connectivity index (χ1v) is 7.94. The fraction of sp³-hybridized carbons (Fsp3) is 0.429. The minimum Gasteiger partial charge on any atom is -0.328 e. The van der Waals surface area contributed by atoms with Gasteiger partial charge in [-0.3, -0.25) is 9.78 Å². The van der Waals surface area contributed by atoms with Crippen molar-refractivity contribution in [2.75, 3.05) is 25.5 Å². The van der Waals surface area contributed by atoms with Crippen molar-refractivity contribution in [2.24, 2.45) is 0 Å². The summed E-state index contributed by atoms with van der Waals surface area (Å²) in [5.74, 6) is 0. The van der Waals surface area contributed by atoms with Gasteiger partial charge in [-0.25, -0.2) is 0 Å². The van der Waals surface area contributed by atoms with Crippen LogP contribution in [0.3, 0.4) is 0 Å². The first kappa shape index (κ1) is 14.2. The molecule has 1 aliphatic heterocycles. The lowest BCUT2D eigenvalue weighted by molar-refractivity contribution is 0.380. The first-order chi connectivity index (χ1) is 10.2. The molecule has 1 N–H and O–H groups in total. The van der Waals surface area contributed by atoms with Crippen molar-refractivity contribution < 1.29 is 0 Å². The first-order valence-electron chi connectivity index (χ1n) is 7.00. The highest BCUT2D eigenvalue weighted by atomic mass is 32.2. The maximum Gasteiger partial charge on any atom is 0.112 e. The van der Waals surface area contributed by atoms with Crippen molar-refractivity contribution in [2.45, 2.75) is 18.3 Å². The maximum atomic E-state index is 4.46. The van der Waals surface area contributed by atoms with E-state index in [-0.39, 0.29) is 5.37 Å². The van der Waals surface area contributed by atoms with Gasteiger partial charge in [0.2, 0.25) is 0 Å². The minimum atomic E-state index is 0.239. The van der Waals surface area contributed by atoms with Gasteiger partial charge in [-0.15, -0.1) is 11.8 Å². The summed E-state index contributed by atoms with van der Waals surface area (Å²) < 4.78 is 2.02. The zero-order valence-corrected chi connectivity index (χ0v) is 13.1. The molecule has 0 aromatic carbocycles. The van der Waals surface area contributed by atoms with Gasteiger partial charge in [-0.05, 0) is 32.5 Å². The Morgan fingerprint density at radius 2 is 2.29 bits per heavy atom. The van der Waals surface area contributed by atoms with Gasteiger partial charge in [0.1, 0.15) is 5.37 Å². The smallest absolute Gasteiger partial charge is 0.112 e. The minimum absolute atomic E-state index is 0.239. The van der Waals surface area contributed by atoms with Crippen molar-refractivity contribution in [3.63, 3.8) is 0 Å². The van der Waals surface area contributed by atoms with Gasteiger partial charge in [-0.2, -0.15) is 10.2 Å². The van der Waals surface area contributed by atoms with Crippen molar-refractivity contribution in [3.8, 4) is 0 Å². The molecule has 0 saturated heterocycles. The Bertz CT molecular complexity index is 588.